The van der Waals surface area contributed by atoms with Gasteiger partial charge in [0.1, 0.15) is 17.2 Å². The van der Waals surface area contributed by atoms with Crippen molar-refractivity contribution in [3.05, 3.63) is 64.4 Å². The van der Waals surface area contributed by atoms with Gasteiger partial charge < -0.3 is 20.7 Å². The maximum absolute atomic E-state index is 15.1. The number of amides is 1. The number of aromatic nitrogens is 2. The topological polar surface area (TPSA) is 93.4 Å². The van der Waals surface area contributed by atoms with E-state index in [-0.39, 0.29) is 22.8 Å². The van der Waals surface area contributed by atoms with Crippen molar-refractivity contribution >= 4 is 11.7 Å². The Kier molecular flexibility index (Phi) is 7.17. The molecule has 5 rings (SSSR count). The molecule has 0 radical (unpaired) electrons. The zero-order chi connectivity index (χ0) is 26.1. The number of nitrogens with zero attached hydrogens (tertiary/aromatic N) is 3. The molecule has 194 valence electrons. The summed E-state index contributed by atoms with van der Waals surface area (Å²) >= 11 is 0. The van der Waals surface area contributed by atoms with E-state index in [9.17, 15) is 9.18 Å². The average molecular weight is 508 g/mol. The van der Waals surface area contributed by atoms with E-state index in [1.54, 1.807) is 6.07 Å². The highest BCUT2D eigenvalue weighted by atomic mass is 19.1. The maximum atomic E-state index is 15.1. The van der Waals surface area contributed by atoms with Crippen LogP contribution in [0.5, 0.6) is 0 Å². The first-order valence-electron chi connectivity index (χ1n) is 12.7. The summed E-state index contributed by atoms with van der Waals surface area (Å²) in [6, 6.07) is 8.79. The number of anilines is 1. The molecule has 2 aromatic carbocycles. The van der Waals surface area contributed by atoms with Gasteiger partial charge in [-0.05, 0) is 73.7 Å². The molecule has 0 aliphatic carbocycles. The van der Waals surface area contributed by atoms with Crippen LogP contribution in [0.15, 0.2) is 30.3 Å². The lowest BCUT2D eigenvalue weighted by atomic mass is 9.87. The first-order valence-corrected chi connectivity index (χ1v) is 12.7. The van der Waals surface area contributed by atoms with Gasteiger partial charge in [0.05, 0.1) is 5.56 Å². The van der Waals surface area contributed by atoms with Gasteiger partial charge in [0.15, 0.2) is 5.82 Å². The summed E-state index contributed by atoms with van der Waals surface area (Å²) in [6.07, 6.45) is 2.38. The predicted octanol–water partition coefficient (Wildman–Crippen LogP) is 4.30. The number of nitrogen functional groups attached to an aromatic ring is 1. The molecule has 37 heavy (non-hydrogen) atoms. The minimum Gasteiger partial charge on any atom is -0.382 e. The van der Waals surface area contributed by atoms with Crippen molar-refractivity contribution in [3.63, 3.8) is 0 Å². The molecule has 3 aromatic rings. The SMILES string of the molecule is CCN(C)Cc1cc(-c2nc(-c3cc(F)c4c(c3)CCNC4=O)c(N)nc2F)ccc1C1CCOCC1. The number of nitrogens with two attached hydrogens (primary N) is 1. The highest BCUT2D eigenvalue weighted by Gasteiger charge is 2.25. The van der Waals surface area contributed by atoms with Crippen LogP contribution in [0, 0.1) is 11.8 Å². The Hall–Kier alpha value is -3.43. The number of carbonyl (C=O) groups excluding carboxylic acids is 1. The lowest BCUT2D eigenvalue weighted by molar-refractivity contribution is 0.0850. The summed E-state index contributed by atoms with van der Waals surface area (Å²) in [5, 5.41) is 2.65. The summed E-state index contributed by atoms with van der Waals surface area (Å²) in [7, 11) is 2.05. The second kappa shape index (κ2) is 10.5. The molecule has 0 spiro atoms. The van der Waals surface area contributed by atoms with Crippen molar-refractivity contribution in [2.24, 2.45) is 0 Å². The molecule has 3 heterocycles. The van der Waals surface area contributed by atoms with Crippen LogP contribution in [-0.2, 0) is 17.7 Å². The largest absolute Gasteiger partial charge is 0.382 e. The number of rotatable bonds is 6. The second-order valence-electron chi connectivity index (χ2n) is 9.73. The number of nitrogens with one attached hydrogen (secondary N) is 1. The van der Waals surface area contributed by atoms with Gasteiger partial charge in [-0.25, -0.2) is 9.37 Å². The Balaban J connectivity index is 1.58. The van der Waals surface area contributed by atoms with Gasteiger partial charge in [-0.3, -0.25) is 4.79 Å². The van der Waals surface area contributed by atoms with E-state index in [1.165, 1.54) is 11.6 Å². The Morgan fingerprint density at radius 1 is 1.11 bits per heavy atom. The maximum Gasteiger partial charge on any atom is 0.254 e. The fourth-order valence-corrected chi connectivity index (χ4v) is 5.17. The fraction of sp³-hybridized carbons (Fsp3) is 0.393. The van der Waals surface area contributed by atoms with E-state index in [2.05, 4.69) is 33.2 Å². The zero-order valence-electron chi connectivity index (χ0n) is 21.1. The van der Waals surface area contributed by atoms with Gasteiger partial charge in [0.2, 0.25) is 5.95 Å². The quantitative estimate of drug-likeness (QED) is 0.517. The van der Waals surface area contributed by atoms with Crippen molar-refractivity contribution in [3.8, 4) is 22.5 Å². The summed E-state index contributed by atoms with van der Waals surface area (Å²) in [5.74, 6) is -1.64. The molecule has 0 saturated carbocycles. The highest BCUT2D eigenvalue weighted by molar-refractivity contribution is 5.97. The summed E-state index contributed by atoms with van der Waals surface area (Å²) in [6.45, 7) is 5.56. The number of fused-ring (bicyclic) bond motifs is 1. The normalized spacial score (nSPS) is 16.1. The Morgan fingerprint density at radius 2 is 1.89 bits per heavy atom. The van der Waals surface area contributed by atoms with Gasteiger partial charge in [0, 0.05) is 37.4 Å². The van der Waals surface area contributed by atoms with Crippen LogP contribution in [0.4, 0.5) is 14.6 Å². The van der Waals surface area contributed by atoms with Crippen LogP contribution in [-0.4, -0.2) is 54.1 Å². The molecule has 1 aromatic heterocycles. The summed E-state index contributed by atoms with van der Waals surface area (Å²) < 4.78 is 35.6. The third-order valence-electron chi connectivity index (χ3n) is 7.29. The number of halogens is 2. The zero-order valence-corrected chi connectivity index (χ0v) is 21.1. The predicted molar refractivity (Wildman–Crippen MR) is 138 cm³/mol. The summed E-state index contributed by atoms with van der Waals surface area (Å²) in [5.41, 5.74) is 10.2. The Morgan fingerprint density at radius 3 is 2.65 bits per heavy atom. The van der Waals surface area contributed by atoms with E-state index in [0.717, 1.165) is 38.2 Å². The number of hydrogen-bond acceptors (Lipinski definition) is 6. The van der Waals surface area contributed by atoms with Crippen molar-refractivity contribution in [2.45, 2.75) is 38.6 Å². The van der Waals surface area contributed by atoms with E-state index < -0.39 is 17.7 Å². The molecule has 3 N–H and O–H groups in total. The summed E-state index contributed by atoms with van der Waals surface area (Å²) in [4.78, 5) is 22.8. The van der Waals surface area contributed by atoms with E-state index in [4.69, 9.17) is 10.5 Å². The van der Waals surface area contributed by atoms with Gasteiger partial charge in [-0.2, -0.15) is 9.37 Å². The van der Waals surface area contributed by atoms with Gasteiger partial charge in [-0.1, -0.05) is 19.1 Å². The van der Waals surface area contributed by atoms with Crippen molar-refractivity contribution in [1.82, 2.24) is 20.2 Å². The standard InChI is InChI=1S/C28H31F2N5O2/c1-3-35(2)15-20-13-18(4-5-21(20)16-7-10-37-11-8-16)24-26(30)34-27(31)25(33-24)19-12-17-6-9-32-28(36)23(17)22(29)14-19/h4-5,12-14,16H,3,6-11,15H2,1-2H3,(H2,31,34)(H,32,36). The molecule has 9 heteroatoms. The molecule has 0 bridgehead atoms. The highest BCUT2D eigenvalue weighted by Crippen LogP contribution is 2.35. The minimum atomic E-state index is -0.785. The lowest BCUT2D eigenvalue weighted by Crippen LogP contribution is -2.32. The van der Waals surface area contributed by atoms with E-state index in [0.29, 0.717) is 42.1 Å². The molecule has 2 aliphatic heterocycles. The third kappa shape index (κ3) is 5.06. The Bertz CT molecular complexity index is 1340. The van der Waals surface area contributed by atoms with Crippen LogP contribution in [0.3, 0.4) is 0 Å². The van der Waals surface area contributed by atoms with E-state index in [1.807, 2.05) is 19.2 Å². The minimum absolute atomic E-state index is 0.0252. The molecule has 2 aliphatic rings. The number of hydrogen-bond donors (Lipinski definition) is 2. The van der Waals surface area contributed by atoms with Crippen molar-refractivity contribution in [2.75, 3.05) is 39.1 Å². The van der Waals surface area contributed by atoms with Gasteiger partial charge >= 0.3 is 0 Å². The Labute approximate surface area is 215 Å². The molecule has 0 unspecified atom stereocenters. The molecular weight excluding hydrogens is 476 g/mol. The van der Waals surface area contributed by atoms with Crippen LogP contribution in [0.2, 0.25) is 0 Å². The van der Waals surface area contributed by atoms with E-state index >= 15 is 4.39 Å². The van der Waals surface area contributed by atoms with Crippen molar-refractivity contribution < 1.29 is 18.3 Å². The molecule has 0 atom stereocenters. The smallest absolute Gasteiger partial charge is 0.254 e. The fourth-order valence-electron chi connectivity index (χ4n) is 5.17. The van der Waals surface area contributed by atoms with Crippen LogP contribution in [0.1, 0.15) is 52.7 Å². The molecule has 1 fully saturated rings. The molecule has 1 amide bonds. The molecule has 7 nitrogen and oxygen atoms in total. The first kappa shape index (κ1) is 25.2. The van der Waals surface area contributed by atoms with Crippen LogP contribution in [0.25, 0.3) is 22.5 Å². The average Bonchev–Trinajstić information content (AvgIpc) is 2.89. The lowest BCUT2D eigenvalue weighted by Gasteiger charge is -2.26. The molecular formula is C28H31F2N5O2. The number of ether oxygens (including phenoxy) is 1. The second-order valence-corrected chi connectivity index (χ2v) is 9.73. The number of benzene rings is 2. The third-order valence-corrected chi connectivity index (χ3v) is 7.29. The van der Waals surface area contributed by atoms with Gasteiger partial charge in [0.25, 0.3) is 5.91 Å². The molecule has 1 saturated heterocycles. The van der Waals surface area contributed by atoms with Crippen LogP contribution < -0.4 is 11.1 Å². The number of carbonyl (C=O) groups is 1. The first-order chi connectivity index (χ1) is 17.9. The van der Waals surface area contributed by atoms with Gasteiger partial charge in [-0.15, -0.1) is 0 Å². The van der Waals surface area contributed by atoms with Crippen molar-refractivity contribution in [1.29, 1.82) is 0 Å². The van der Waals surface area contributed by atoms with Crippen LogP contribution >= 0.6 is 0 Å². The monoisotopic (exact) mass is 507 g/mol.